The van der Waals surface area contributed by atoms with Crippen LogP contribution in [0.2, 0.25) is 0 Å². The zero-order valence-electron chi connectivity index (χ0n) is 9.72. The highest BCUT2D eigenvalue weighted by Crippen LogP contribution is 2.28. The molecule has 0 spiro atoms. The van der Waals surface area contributed by atoms with Crippen LogP contribution in [0.5, 0.6) is 0 Å². The second-order valence-corrected chi connectivity index (χ2v) is 4.73. The monoisotopic (exact) mass is 198 g/mol. The van der Waals surface area contributed by atoms with E-state index in [0.717, 1.165) is 0 Å². The molecule has 0 aromatic heterocycles. The van der Waals surface area contributed by atoms with Gasteiger partial charge in [-0.15, -0.1) is 11.8 Å². The average Bonchev–Trinajstić information content (AvgIpc) is 2.02. The summed E-state index contributed by atoms with van der Waals surface area (Å²) < 4.78 is 0. The summed E-state index contributed by atoms with van der Waals surface area (Å²) in [4.78, 5) is 1.44. The van der Waals surface area contributed by atoms with Gasteiger partial charge in [-0.05, 0) is 30.6 Å². The fourth-order valence-corrected chi connectivity index (χ4v) is 2.34. The quantitative estimate of drug-likeness (QED) is 0.600. The minimum absolute atomic E-state index is 0.627. The Bertz CT molecular complexity index is 197. The van der Waals surface area contributed by atoms with Crippen molar-refractivity contribution >= 4 is 11.8 Å². The number of rotatable bonds is 4. The average molecular weight is 198 g/mol. The highest BCUT2D eigenvalue weighted by atomic mass is 32.2. The van der Waals surface area contributed by atoms with E-state index in [1.165, 1.54) is 10.5 Å². The number of thioether (sulfide) groups is 1. The molecule has 1 heteroatoms. The van der Waals surface area contributed by atoms with Crippen molar-refractivity contribution in [1.82, 2.24) is 0 Å². The summed E-state index contributed by atoms with van der Waals surface area (Å²) >= 11 is 1.85. The van der Waals surface area contributed by atoms with Crippen molar-refractivity contribution in [2.45, 2.75) is 34.6 Å². The van der Waals surface area contributed by atoms with E-state index >= 15 is 0 Å². The van der Waals surface area contributed by atoms with E-state index in [1.54, 1.807) is 0 Å². The molecular weight excluding hydrogens is 176 g/mol. The van der Waals surface area contributed by atoms with Gasteiger partial charge in [0.1, 0.15) is 0 Å². The lowest BCUT2D eigenvalue weighted by Crippen LogP contribution is -1.97. The molecule has 76 valence electrons. The van der Waals surface area contributed by atoms with Gasteiger partial charge in [0.15, 0.2) is 0 Å². The van der Waals surface area contributed by atoms with Gasteiger partial charge in [0.05, 0.1) is 0 Å². The summed E-state index contributed by atoms with van der Waals surface area (Å²) in [5.74, 6) is 1.26. The van der Waals surface area contributed by atoms with Crippen molar-refractivity contribution in [3.63, 3.8) is 0 Å². The van der Waals surface area contributed by atoms with Gasteiger partial charge < -0.3 is 0 Å². The largest absolute Gasteiger partial charge is 0.130 e. The molecule has 0 atom stereocenters. The summed E-state index contributed by atoms with van der Waals surface area (Å²) in [5, 5.41) is 0. The van der Waals surface area contributed by atoms with Crippen molar-refractivity contribution in [2.24, 2.45) is 11.8 Å². The number of allylic oxidation sites excluding steroid dienone is 3. The first-order valence-electron chi connectivity index (χ1n) is 4.95. The van der Waals surface area contributed by atoms with Crippen molar-refractivity contribution in [1.29, 1.82) is 0 Å². The van der Waals surface area contributed by atoms with Gasteiger partial charge in [0, 0.05) is 4.91 Å². The van der Waals surface area contributed by atoms with Crippen LogP contribution < -0.4 is 0 Å². The van der Waals surface area contributed by atoms with Crippen LogP contribution in [0.25, 0.3) is 0 Å². The Hall–Kier alpha value is -0.170. The van der Waals surface area contributed by atoms with Gasteiger partial charge in [-0.3, -0.25) is 0 Å². The molecule has 0 N–H and O–H groups in total. The van der Waals surface area contributed by atoms with Crippen LogP contribution in [0.4, 0.5) is 0 Å². The predicted molar refractivity (Wildman–Crippen MR) is 65.0 cm³/mol. The van der Waals surface area contributed by atoms with Crippen LogP contribution in [-0.2, 0) is 0 Å². The highest BCUT2D eigenvalue weighted by molar-refractivity contribution is 8.02. The lowest BCUT2D eigenvalue weighted by molar-refractivity contribution is 0.774. The molecule has 0 aromatic carbocycles. The molecule has 0 saturated carbocycles. The Balaban J connectivity index is 4.75. The third-order valence-corrected chi connectivity index (χ3v) is 2.73. The maximum atomic E-state index is 2.35. The molecule has 0 unspecified atom stereocenters. The first-order valence-corrected chi connectivity index (χ1v) is 6.17. The molecule has 0 aliphatic heterocycles. The second-order valence-electron chi connectivity index (χ2n) is 3.88. The maximum Gasteiger partial charge on any atom is 0.00631 e. The molecule has 13 heavy (non-hydrogen) atoms. The van der Waals surface area contributed by atoms with Gasteiger partial charge in [-0.25, -0.2) is 0 Å². The van der Waals surface area contributed by atoms with E-state index in [9.17, 15) is 0 Å². The van der Waals surface area contributed by atoms with Gasteiger partial charge in [0.25, 0.3) is 0 Å². The third kappa shape index (κ3) is 4.56. The van der Waals surface area contributed by atoms with Crippen LogP contribution in [0.1, 0.15) is 34.6 Å². The molecule has 0 saturated heterocycles. The zero-order valence-corrected chi connectivity index (χ0v) is 10.5. The Labute approximate surface area is 87.5 Å². The summed E-state index contributed by atoms with van der Waals surface area (Å²) in [7, 11) is 0. The van der Waals surface area contributed by atoms with Crippen molar-refractivity contribution in [3.05, 3.63) is 22.6 Å². The van der Waals surface area contributed by atoms with E-state index in [2.05, 4.69) is 53.0 Å². The molecule has 0 aliphatic rings. The second kappa shape index (κ2) is 6.31. The number of hydrogen-bond acceptors (Lipinski definition) is 1. The van der Waals surface area contributed by atoms with E-state index in [4.69, 9.17) is 0 Å². The van der Waals surface area contributed by atoms with E-state index in [0.29, 0.717) is 11.8 Å². The topological polar surface area (TPSA) is 0 Å². The number of hydrogen-bond donors (Lipinski definition) is 0. The summed E-state index contributed by atoms with van der Waals surface area (Å²) in [6.45, 7) is 11.1. The zero-order chi connectivity index (χ0) is 10.4. The Kier molecular flexibility index (Phi) is 6.23. The van der Waals surface area contributed by atoms with Gasteiger partial charge in [-0.1, -0.05) is 39.8 Å². The van der Waals surface area contributed by atoms with E-state index in [-0.39, 0.29) is 0 Å². The molecule has 0 heterocycles. The van der Waals surface area contributed by atoms with E-state index < -0.39 is 0 Å². The molecule has 0 fully saturated rings. The molecule has 0 aliphatic carbocycles. The van der Waals surface area contributed by atoms with Gasteiger partial charge in [-0.2, -0.15) is 0 Å². The van der Waals surface area contributed by atoms with Crippen LogP contribution in [0, 0.1) is 11.8 Å². The van der Waals surface area contributed by atoms with Crippen molar-refractivity contribution in [2.75, 3.05) is 6.26 Å². The van der Waals surface area contributed by atoms with Crippen LogP contribution >= 0.6 is 11.8 Å². The maximum absolute atomic E-state index is 2.35. The van der Waals surface area contributed by atoms with Gasteiger partial charge in [0.2, 0.25) is 0 Å². The van der Waals surface area contributed by atoms with Gasteiger partial charge >= 0.3 is 0 Å². The third-order valence-electron chi connectivity index (χ3n) is 1.92. The van der Waals surface area contributed by atoms with Crippen LogP contribution in [-0.4, -0.2) is 6.26 Å². The Morgan fingerprint density at radius 3 is 1.92 bits per heavy atom. The fraction of sp³-hybridized carbons (Fsp3) is 0.667. The van der Waals surface area contributed by atoms with Crippen LogP contribution in [0.15, 0.2) is 22.6 Å². The Morgan fingerprint density at radius 2 is 1.69 bits per heavy atom. The molecule has 0 aromatic rings. The minimum Gasteiger partial charge on any atom is -0.130 e. The molecule has 0 amide bonds. The summed E-state index contributed by atoms with van der Waals surface area (Å²) in [5.41, 5.74) is 1.47. The highest BCUT2D eigenvalue weighted by Gasteiger charge is 2.07. The standard InChI is InChI=1S/C12H22S/c1-7-11(10(4)5)12(13-6)8-9(2)3/h7-10H,1-6H3/b11-7-,12-8+. The molecule has 0 bridgehead atoms. The molecule has 0 nitrogen and oxygen atoms in total. The predicted octanol–water partition coefficient (Wildman–Crippen LogP) is 4.49. The fourth-order valence-electron chi connectivity index (χ4n) is 1.34. The normalized spacial score (nSPS) is 14.5. The summed E-state index contributed by atoms with van der Waals surface area (Å²) in [6.07, 6.45) is 6.73. The minimum atomic E-state index is 0.627. The first-order chi connectivity index (χ1) is 6.02. The molecule has 0 rings (SSSR count). The molecule has 0 radical (unpaired) electrons. The SMILES string of the molecule is C/C=C(\C(=C/C(C)C)SC)C(C)C. The molecular formula is C12H22S. The smallest absolute Gasteiger partial charge is 0.00631 e. The summed E-state index contributed by atoms with van der Waals surface area (Å²) in [6, 6.07) is 0. The van der Waals surface area contributed by atoms with Crippen LogP contribution in [0.3, 0.4) is 0 Å². The lowest BCUT2D eigenvalue weighted by atomic mass is 10.0. The van der Waals surface area contributed by atoms with Crippen molar-refractivity contribution in [3.8, 4) is 0 Å². The van der Waals surface area contributed by atoms with Crippen molar-refractivity contribution < 1.29 is 0 Å². The lowest BCUT2D eigenvalue weighted by Gasteiger charge is -2.14. The first kappa shape index (κ1) is 12.8. The Morgan fingerprint density at radius 1 is 1.15 bits per heavy atom. The van der Waals surface area contributed by atoms with E-state index in [1.807, 2.05) is 11.8 Å².